The number of hydrogen-bond donors (Lipinski definition) is 1. The maximum atomic E-state index is 14.6. The molecule has 3 heterocycles. The zero-order valence-electron chi connectivity index (χ0n) is 23.8. The number of halogens is 1. The Kier molecular flexibility index (Phi) is 9.01. The highest BCUT2D eigenvalue weighted by atomic mass is 79.9. The van der Waals surface area contributed by atoms with E-state index in [1.807, 2.05) is 67.6 Å². The molecule has 0 aliphatic carbocycles. The van der Waals surface area contributed by atoms with E-state index in [4.69, 9.17) is 4.74 Å². The van der Waals surface area contributed by atoms with Crippen LogP contribution in [0.2, 0.25) is 0 Å². The number of alkyl halides is 1. The molecule has 2 aromatic rings. The van der Waals surface area contributed by atoms with E-state index >= 15 is 0 Å². The summed E-state index contributed by atoms with van der Waals surface area (Å²) >= 11 is 3.75. The summed E-state index contributed by atoms with van der Waals surface area (Å²) in [5.41, 5.74) is 0.419. The average Bonchev–Trinajstić information content (AvgIpc) is 3.60. The van der Waals surface area contributed by atoms with Gasteiger partial charge >= 0.3 is 0 Å². The monoisotopic (exact) mass is 635 g/mol. The van der Waals surface area contributed by atoms with E-state index in [9.17, 15) is 19.5 Å². The number of amides is 3. The van der Waals surface area contributed by atoms with Gasteiger partial charge in [0.1, 0.15) is 11.6 Å². The summed E-state index contributed by atoms with van der Waals surface area (Å²) in [6, 6.07) is 17.3. The minimum atomic E-state index is -1.22. The Balaban J connectivity index is 1.58. The van der Waals surface area contributed by atoms with Gasteiger partial charge in [0.05, 0.1) is 30.6 Å². The topological polar surface area (TPSA) is 90.4 Å². The smallest absolute Gasteiger partial charge is 0.249 e. The van der Waals surface area contributed by atoms with E-state index in [-0.39, 0.29) is 42.2 Å². The molecule has 3 aliphatic rings. The molecule has 5 rings (SSSR count). The Hall–Kier alpha value is -3.27. The number of fused-ring (bicyclic) bond motifs is 1. The molecule has 3 amide bonds. The van der Waals surface area contributed by atoms with Gasteiger partial charge in [-0.15, -0.1) is 13.2 Å². The number of aliphatic hydroxyl groups is 1. The van der Waals surface area contributed by atoms with Gasteiger partial charge in [0, 0.05) is 30.1 Å². The van der Waals surface area contributed by atoms with Gasteiger partial charge in [-0.05, 0) is 30.5 Å². The second-order valence-electron chi connectivity index (χ2n) is 11.2. The number of rotatable bonds is 12. The summed E-state index contributed by atoms with van der Waals surface area (Å²) in [7, 11) is 0. The standard InChI is InChI=1S/C33H38BrN3O5/c1-4-17-35(20-22-13-9-7-10-14-22)32(41)29-33-19-25(34)28(42-33)26(27(33)31(40)37(29)23(6-3)21-38)30(39)36(18-5-2)24-15-11-8-12-16-24/h4-5,7-16,23,25-29,38H,1-2,6,17-21H2,3H3/t23-,25?,26-,27-,28-,29?,33?/m0/s1. The van der Waals surface area contributed by atoms with E-state index in [1.54, 1.807) is 22.0 Å². The first-order valence-corrected chi connectivity index (χ1v) is 15.4. The van der Waals surface area contributed by atoms with Crippen molar-refractivity contribution in [3.63, 3.8) is 0 Å². The molecule has 2 bridgehead atoms. The Morgan fingerprint density at radius 1 is 1.10 bits per heavy atom. The summed E-state index contributed by atoms with van der Waals surface area (Å²) in [5, 5.41) is 10.4. The van der Waals surface area contributed by atoms with Crippen LogP contribution in [0.25, 0.3) is 0 Å². The van der Waals surface area contributed by atoms with Crippen molar-refractivity contribution in [3.8, 4) is 0 Å². The lowest BCUT2D eigenvalue weighted by Gasteiger charge is -2.39. The van der Waals surface area contributed by atoms with E-state index < -0.39 is 35.6 Å². The molecule has 8 nitrogen and oxygen atoms in total. The van der Waals surface area contributed by atoms with Crippen molar-refractivity contribution in [1.82, 2.24) is 9.80 Å². The second-order valence-corrected chi connectivity index (χ2v) is 12.4. The van der Waals surface area contributed by atoms with Crippen LogP contribution in [0.5, 0.6) is 0 Å². The summed E-state index contributed by atoms with van der Waals surface area (Å²) in [4.78, 5) is 48.0. The molecule has 0 saturated carbocycles. The van der Waals surface area contributed by atoms with Crippen molar-refractivity contribution in [1.29, 1.82) is 0 Å². The molecule has 3 fully saturated rings. The van der Waals surface area contributed by atoms with Crippen molar-refractivity contribution < 1.29 is 24.2 Å². The van der Waals surface area contributed by atoms with Gasteiger partial charge in [-0.2, -0.15) is 0 Å². The maximum absolute atomic E-state index is 14.6. The zero-order chi connectivity index (χ0) is 30.0. The van der Waals surface area contributed by atoms with Crippen molar-refractivity contribution in [2.45, 2.75) is 54.9 Å². The van der Waals surface area contributed by atoms with Crippen LogP contribution >= 0.6 is 15.9 Å². The molecule has 3 aliphatic heterocycles. The van der Waals surface area contributed by atoms with Crippen LogP contribution < -0.4 is 4.90 Å². The molecule has 7 atom stereocenters. The lowest BCUT2D eigenvalue weighted by Crippen LogP contribution is -2.58. The maximum Gasteiger partial charge on any atom is 0.249 e. The fraction of sp³-hybridized carbons (Fsp3) is 0.424. The number of nitrogens with zero attached hydrogens (tertiary/aromatic N) is 3. The third kappa shape index (κ3) is 5.01. The number of hydrogen-bond acceptors (Lipinski definition) is 5. The van der Waals surface area contributed by atoms with Crippen LogP contribution in [0.1, 0.15) is 25.3 Å². The average molecular weight is 637 g/mol. The highest BCUT2D eigenvalue weighted by molar-refractivity contribution is 9.09. The SMILES string of the molecule is C=CCN(Cc1ccccc1)C(=O)C1N([C@@H](CC)CO)C(=O)[C@@H]2[C@H](C(=O)N(CC=C)c3ccccc3)[C@H]3OC12CC3Br. The predicted molar refractivity (Wildman–Crippen MR) is 165 cm³/mol. The molecule has 222 valence electrons. The number of aliphatic hydroxyl groups excluding tert-OH is 1. The van der Waals surface area contributed by atoms with Gasteiger partial charge in [0.2, 0.25) is 17.7 Å². The number of likely N-dealkylation sites (tertiary alicyclic amines) is 1. The van der Waals surface area contributed by atoms with Gasteiger partial charge in [0.15, 0.2) is 0 Å². The van der Waals surface area contributed by atoms with Gasteiger partial charge < -0.3 is 24.5 Å². The first-order chi connectivity index (χ1) is 20.3. The van der Waals surface area contributed by atoms with Gasteiger partial charge in [-0.3, -0.25) is 14.4 Å². The minimum absolute atomic E-state index is 0.233. The second kappa shape index (κ2) is 12.5. The van der Waals surface area contributed by atoms with E-state index in [0.717, 1.165) is 5.56 Å². The largest absolute Gasteiger partial charge is 0.394 e. The first-order valence-electron chi connectivity index (χ1n) is 14.5. The number of benzene rings is 2. The molecule has 2 aromatic carbocycles. The molecule has 1 spiro atoms. The molecular weight excluding hydrogens is 598 g/mol. The number of anilines is 1. The predicted octanol–water partition coefficient (Wildman–Crippen LogP) is 3.94. The van der Waals surface area contributed by atoms with Gasteiger partial charge in [-0.25, -0.2) is 0 Å². The van der Waals surface area contributed by atoms with E-state index in [1.165, 1.54) is 4.90 Å². The highest BCUT2D eigenvalue weighted by Crippen LogP contribution is 2.61. The fourth-order valence-electron chi connectivity index (χ4n) is 7.04. The minimum Gasteiger partial charge on any atom is -0.394 e. The Morgan fingerprint density at radius 2 is 1.74 bits per heavy atom. The normalized spacial score (nSPS) is 28.3. The lowest BCUT2D eigenvalue weighted by atomic mass is 9.70. The van der Waals surface area contributed by atoms with Crippen molar-refractivity contribution in [2.75, 3.05) is 24.6 Å². The lowest BCUT2D eigenvalue weighted by molar-refractivity contribution is -0.151. The van der Waals surface area contributed by atoms with Gasteiger partial charge in [0.25, 0.3) is 0 Å². The fourth-order valence-corrected chi connectivity index (χ4v) is 7.98. The van der Waals surface area contributed by atoms with Crippen LogP contribution in [-0.4, -0.2) is 80.9 Å². The number of carbonyl (C=O) groups is 3. The van der Waals surface area contributed by atoms with Crippen LogP contribution in [0.4, 0.5) is 5.69 Å². The molecule has 0 radical (unpaired) electrons. The molecule has 3 saturated heterocycles. The first kappa shape index (κ1) is 30.2. The molecule has 1 N–H and O–H groups in total. The third-order valence-corrected chi connectivity index (χ3v) is 9.69. The van der Waals surface area contributed by atoms with Crippen LogP contribution in [0.3, 0.4) is 0 Å². The molecule has 3 unspecified atom stereocenters. The molecule has 42 heavy (non-hydrogen) atoms. The zero-order valence-corrected chi connectivity index (χ0v) is 25.4. The summed E-state index contributed by atoms with van der Waals surface area (Å²) < 4.78 is 6.71. The summed E-state index contributed by atoms with van der Waals surface area (Å²) in [6.07, 6.45) is 3.58. The highest BCUT2D eigenvalue weighted by Gasteiger charge is 2.77. The van der Waals surface area contributed by atoms with E-state index in [0.29, 0.717) is 25.1 Å². The quantitative estimate of drug-likeness (QED) is 0.282. The Morgan fingerprint density at radius 3 is 2.33 bits per heavy atom. The number of carbonyl (C=O) groups excluding carboxylic acids is 3. The summed E-state index contributed by atoms with van der Waals surface area (Å²) in [6.45, 7) is 10.1. The number of para-hydroxylation sites is 1. The molecule has 0 aromatic heterocycles. The van der Waals surface area contributed by atoms with Crippen LogP contribution in [0, 0.1) is 11.8 Å². The van der Waals surface area contributed by atoms with Gasteiger partial charge in [-0.1, -0.05) is 83.5 Å². The molecule has 9 heteroatoms. The molecular formula is C33H38BrN3O5. The Labute approximate surface area is 255 Å². The third-order valence-electron chi connectivity index (χ3n) is 8.84. The van der Waals surface area contributed by atoms with Crippen molar-refractivity contribution in [2.24, 2.45) is 11.8 Å². The number of ether oxygens (including phenoxy) is 1. The Bertz CT molecular complexity index is 1320. The summed E-state index contributed by atoms with van der Waals surface area (Å²) in [5.74, 6) is -2.51. The van der Waals surface area contributed by atoms with Crippen molar-refractivity contribution in [3.05, 3.63) is 91.5 Å². The van der Waals surface area contributed by atoms with E-state index in [2.05, 4.69) is 29.1 Å². The van der Waals surface area contributed by atoms with Crippen LogP contribution in [-0.2, 0) is 25.7 Å². The van der Waals surface area contributed by atoms with Crippen molar-refractivity contribution >= 4 is 39.3 Å². The van der Waals surface area contributed by atoms with Crippen LogP contribution in [0.15, 0.2) is 86.0 Å².